The van der Waals surface area contributed by atoms with E-state index >= 15 is 0 Å². The van der Waals surface area contributed by atoms with Crippen LogP contribution >= 0.6 is 0 Å². The fourth-order valence-corrected chi connectivity index (χ4v) is 6.90. The van der Waals surface area contributed by atoms with Crippen molar-refractivity contribution in [1.82, 2.24) is 30.0 Å². The van der Waals surface area contributed by atoms with E-state index in [1.807, 2.05) is 0 Å². The third-order valence-electron chi connectivity index (χ3n) is 8.75. The van der Waals surface area contributed by atoms with Crippen molar-refractivity contribution in [3.05, 3.63) is 41.5 Å². The topological polar surface area (TPSA) is 75.9 Å². The lowest BCUT2D eigenvalue weighted by molar-refractivity contribution is -0.126. The first kappa shape index (κ1) is 25.3. The summed E-state index contributed by atoms with van der Waals surface area (Å²) in [6.45, 7) is 7.38. The number of hydrogen-bond donors (Lipinski definition) is 1. The van der Waals surface area contributed by atoms with E-state index in [1.54, 1.807) is 12.3 Å². The Kier molecular flexibility index (Phi) is 7.70. The molecule has 2 aromatic heterocycles. The van der Waals surface area contributed by atoms with Gasteiger partial charge in [0.1, 0.15) is 11.6 Å². The average Bonchev–Trinajstić information content (AvgIpc) is 3.38. The van der Waals surface area contributed by atoms with Crippen LogP contribution in [-0.2, 0) is 4.79 Å². The zero-order valence-corrected chi connectivity index (χ0v) is 22.0. The van der Waals surface area contributed by atoms with E-state index < -0.39 is 5.95 Å². The second-order valence-corrected chi connectivity index (χ2v) is 11.5. The number of nitrogens with zero attached hydrogens (tertiary/aromatic N) is 5. The van der Waals surface area contributed by atoms with Crippen LogP contribution in [0.15, 0.2) is 18.3 Å². The molecular formula is C28H41FN6O. The largest absolute Gasteiger partial charge is 0.349 e. The molecule has 3 aliphatic rings. The summed E-state index contributed by atoms with van der Waals surface area (Å²) < 4.78 is 15.9. The van der Waals surface area contributed by atoms with Gasteiger partial charge in [-0.05, 0) is 63.5 Å². The van der Waals surface area contributed by atoms with Gasteiger partial charge in [0.25, 0.3) is 0 Å². The Labute approximate surface area is 214 Å². The molecule has 3 fully saturated rings. The van der Waals surface area contributed by atoms with Crippen molar-refractivity contribution < 1.29 is 9.18 Å². The summed E-state index contributed by atoms with van der Waals surface area (Å²) in [6.07, 6.45) is 12.5. The smallest absolute Gasteiger partial charge is 0.223 e. The summed E-state index contributed by atoms with van der Waals surface area (Å²) in [5.74, 6) is 2.24. The van der Waals surface area contributed by atoms with Crippen LogP contribution in [0.4, 0.5) is 4.39 Å². The van der Waals surface area contributed by atoms with Gasteiger partial charge in [0.05, 0.1) is 6.04 Å². The standard InChI is InChI=1S/C28H41FN6O/c1-18(2)27-33-32-19(3)35(27)24-15-22-10-11-23(16-24)34(22)14-13-25(21-9-12-26(29)30-17-21)31-28(36)20-7-5-4-6-8-20/h9,12,17-18,20,22-25H,4-8,10-11,13-16H2,1-3H3,(H,31,36). The second kappa shape index (κ2) is 11.0. The Hall–Kier alpha value is -2.35. The van der Waals surface area contributed by atoms with Crippen LogP contribution in [0, 0.1) is 18.8 Å². The molecule has 1 aliphatic carbocycles. The van der Waals surface area contributed by atoms with E-state index in [9.17, 15) is 9.18 Å². The van der Waals surface area contributed by atoms with Gasteiger partial charge in [-0.3, -0.25) is 9.69 Å². The lowest BCUT2D eigenvalue weighted by Gasteiger charge is -2.40. The van der Waals surface area contributed by atoms with E-state index in [-0.39, 0.29) is 17.9 Å². The molecule has 2 saturated heterocycles. The van der Waals surface area contributed by atoms with Crippen molar-refractivity contribution in [3.63, 3.8) is 0 Å². The van der Waals surface area contributed by atoms with Gasteiger partial charge in [-0.2, -0.15) is 4.39 Å². The van der Waals surface area contributed by atoms with Crippen LogP contribution in [0.25, 0.3) is 0 Å². The van der Waals surface area contributed by atoms with Crippen molar-refractivity contribution in [3.8, 4) is 0 Å². The molecule has 2 aromatic rings. The number of fused-ring (bicyclic) bond motifs is 2. The van der Waals surface area contributed by atoms with Gasteiger partial charge in [0.2, 0.25) is 11.9 Å². The number of pyridine rings is 1. The molecule has 8 heteroatoms. The first-order chi connectivity index (χ1) is 17.4. The van der Waals surface area contributed by atoms with Gasteiger partial charge >= 0.3 is 0 Å². The molecule has 0 radical (unpaired) electrons. The zero-order valence-electron chi connectivity index (χ0n) is 22.0. The number of carbonyl (C=O) groups is 1. The van der Waals surface area contributed by atoms with Gasteiger partial charge in [-0.25, -0.2) is 4.98 Å². The molecule has 2 aliphatic heterocycles. The number of nitrogens with one attached hydrogen (secondary N) is 1. The molecule has 1 amide bonds. The Bertz CT molecular complexity index is 1020. The molecule has 5 rings (SSSR count). The predicted octanol–water partition coefficient (Wildman–Crippen LogP) is 5.24. The molecule has 1 N–H and O–H groups in total. The van der Waals surface area contributed by atoms with Crippen LogP contribution in [-0.4, -0.2) is 49.2 Å². The fourth-order valence-electron chi connectivity index (χ4n) is 6.90. The fraction of sp³-hybridized carbons (Fsp3) is 0.714. The van der Waals surface area contributed by atoms with E-state index in [2.05, 4.69) is 50.7 Å². The maximum absolute atomic E-state index is 13.5. The molecule has 196 valence electrons. The summed E-state index contributed by atoms with van der Waals surface area (Å²) in [5, 5.41) is 12.2. The minimum absolute atomic E-state index is 0.101. The Morgan fingerprint density at radius 2 is 1.78 bits per heavy atom. The highest BCUT2D eigenvalue weighted by Gasteiger charge is 2.42. The van der Waals surface area contributed by atoms with E-state index in [4.69, 9.17) is 0 Å². The van der Waals surface area contributed by atoms with Crippen LogP contribution in [0.3, 0.4) is 0 Å². The quantitative estimate of drug-likeness (QED) is 0.506. The van der Waals surface area contributed by atoms with Crippen LogP contribution in [0.1, 0.15) is 113 Å². The molecule has 7 nitrogen and oxygen atoms in total. The number of rotatable bonds is 8. The molecule has 2 bridgehead atoms. The highest BCUT2D eigenvalue weighted by atomic mass is 19.1. The zero-order chi connectivity index (χ0) is 25.2. The highest BCUT2D eigenvalue weighted by molar-refractivity contribution is 5.79. The number of aromatic nitrogens is 4. The number of piperidine rings is 1. The number of amides is 1. The first-order valence-corrected chi connectivity index (χ1v) is 14.0. The van der Waals surface area contributed by atoms with Crippen LogP contribution in [0.5, 0.6) is 0 Å². The van der Waals surface area contributed by atoms with Crippen LogP contribution in [0.2, 0.25) is 0 Å². The molecule has 3 atom stereocenters. The van der Waals surface area contributed by atoms with Gasteiger partial charge in [0.15, 0.2) is 0 Å². The maximum atomic E-state index is 13.5. The van der Waals surface area contributed by atoms with Gasteiger partial charge < -0.3 is 9.88 Å². The van der Waals surface area contributed by atoms with E-state index in [0.29, 0.717) is 24.0 Å². The van der Waals surface area contributed by atoms with Crippen molar-refractivity contribution in [2.45, 2.75) is 115 Å². The average molecular weight is 497 g/mol. The van der Waals surface area contributed by atoms with Gasteiger partial charge in [-0.1, -0.05) is 39.2 Å². The first-order valence-electron chi connectivity index (χ1n) is 14.0. The minimum atomic E-state index is -0.485. The van der Waals surface area contributed by atoms with Crippen molar-refractivity contribution in [1.29, 1.82) is 0 Å². The lowest BCUT2D eigenvalue weighted by atomic mass is 9.88. The Balaban J connectivity index is 1.26. The van der Waals surface area contributed by atoms with Crippen molar-refractivity contribution >= 4 is 5.91 Å². The molecule has 0 spiro atoms. The second-order valence-electron chi connectivity index (χ2n) is 11.5. The number of aryl methyl sites for hydroxylation is 1. The molecular weight excluding hydrogens is 455 g/mol. The number of hydrogen-bond acceptors (Lipinski definition) is 5. The third kappa shape index (κ3) is 5.34. The lowest BCUT2D eigenvalue weighted by Crippen LogP contribution is -2.45. The van der Waals surface area contributed by atoms with Crippen molar-refractivity contribution in [2.75, 3.05) is 6.54 Å². The maximum Gasteiger partial charge on any atom is 0.223 e. The summed E-state index contributed by atoms with van der Waals surface area (Å²) in [4.78, 5) is 19.6. The normalized spacial score (nSPS) is 25.9. The summed E-state index contributed by atoms with van der Waals surface area (Å²) >= 11 is 0. The van der Waals surface area contributed by atoms with E-state index in [1.165, 1.54) is 25.3 Å². The molecule has 36 heavy (non-hydrogen) atoms. The van der Waals surface area contributed by atoms with Crippen LogP contribution < -0.4 is 5.32 Å². The Morgan fingerprint density at radius 3 is 2.42 bits per heavy atom. The highest BCUT2D eigenvalue weighted by Crippen LogP contribution is 2.42. The number of halogens is 1. The molecule has 1 saturated carbocycles. The summed E-state index contributed by atoms with van der Waals surface area (Å²) in [5.41, 5.74) is 0.893. The van der Waals surface area contributed by atoms with Crippen molar-refractivity contribution in [2.24, 2.45) is 5.92 Å². The monoisotopic (exact) mass is 496 g/mol. The predicted molar refractivity (Wildman–Crippen MR) is 137 cm³/mol. The molecule has 3 unspecified atom stereocenters. The summed E-state index contributed by atoms with van der Waals surface area (Å²) in [7, 11) is 0. The minimum Gasteiger partial charge on any atom is -0.349 e. The molecule has 4 heterocycles. The molecule has 0 aromatic carbocycles. The van der Waals surface area contributed by atoms with Gasteiger partial charge in [0, 0.05) is 42.7 Å². The van der Waals surface area contributed by atoms with E-state index in [0.717, 1.165) is 68.7 Å². The third-order valence-corrected chi connectivity index (χ3v) is 8.75. The van der Waals surface area contributed by atoms with Gasteiger partial charge in [-0.15, -0.1) is 10.2 Å². The Morgan fingerprint density at radius 1 is 1.06 bits per heavy atom. The summed E-state index contributed by atoms with van der Waals surface area (Å²) in [6, 6.07) is 4.56. The SMILES string of the molecule is Cc1nnc(C(C)C)n1C1CC2CCC(C1)N2CCC(NC(=O)C1CCCCC1)c1ccc(F)nc1. The number of carbonyl (C=O) groups excluding carboxylic acids is 1.